The largest absolute Gasteiger partial charge is 0.466 e. The maximum Gasteiger partial charge on any atom is 0.335 e. The van der Waals surface area contributed by atoms with Gasteiger partial charge in [-0.15, -0.1) is 0 Å². The van der Waals surface area contributed by atoms with Crippen molar-refractivity contribution in [2.75, 3.05) is 7.11 Å². The molecule has 0 aromatic heterocycles. The maximum absolute atomic E-state index is 13.4. The van der Waals surface area contributed by atoms with Gasteiger partial charge < -0.3 is 4.74 Å². The minimum Gasteiger partial charge on any atom is -0.466 e. The number of ether oxygens (including phenoxy) is 1. The number of hydrogen-bond acceptors (Lipinski definition) is 6. The van der Waals surface area contributed by atoms with Crippen molar-refractivity contribution in [3.63, 3.8) is 0 Å². The van der Waals surface area contributed by atoms with E-state index in [4.69, 9.17) is 4.74 Å². The molecular weight excluding hydrogens is 403 g/mol. The number of benzene rings is 2. The lowest BCUT2D eigenvalue weighted by atomic mass is 10.0. The lowest BCUT2D eigenvalue weighted by Gasteiger charge is -2.28. The van der Waals surface area contributed by atoms with Crippen molar-refractivity contribution in [2.24, 2.45) is 0 Å². The Morgan fingerprint density at radius 2 is 1.83 bits per heavy atom. The molecule has 0 spiro atoms. The number of sulfonamides is 1. The van der Waals surface area contributed by atoms with Crippen LogP contribution in [0.25, 0.3) is 0 Å². The first-order chi connectivity index (χ1) is 13.7. The highest BCUT2D eigenvalue weighted by Gasteiger charge is 2.43. The van der Waals surface area contributed by atoms with E-state index in [1.54, 1.807) is 0 Å². The van der Waals surface area contributed by atoms with Gasteiger partial charge in [-0.2, -0.15) is 0 Å². The van der Waals surface area contributed by atoms with Gasteiger partial charge in [0.25, 0.3) is 15.7 Å². The van der Waals surface area contributed by atoms with Gasteiger partial charge in [0, 0.05) is 18.2 Å². The van der Waals surface area contributed by atoms with Crippen molar-refractivity contribution in [1.29, 1.82) is 0 Å². The zero-order chi connectivity index (χ0) is 21.3. The molecule has 29 heavy (non-hydrogen) atoms. The van der Waals surface area contributed by atoms with E-state index in [0.717, 1.165) is 16.4 Å². The van der Waals surface area contributed by atoms with Gasteiger partial charge in [-0.1, -0.05) is 24.3 Å². The summed E-state index contributed by atoms with van der Waals surface area (Å²) in [5.74, 6) is -1.20. The zero-order valence-electron chi connectivity index (χ0n) is 15.5. The number of rotatable bonds is 5. The average Bonchev–Trinajstić information content (AvgIpc) is 3.05. The molecule has 2 aromatic rings. The third kappa shape index (κ3) is 3.58. The fraction of sp³-hybridized carbons (Fsp3) is 0.211. The number of halogens is 1. The Morgan fingerprint density at radius 1 is 1.21 bits per heavy atom. The molecule has 152 valence electrons. The summed E-state index contributed by atoms with van der Waals surface area (Å²) in [7, 11) is -3.24. The number of carbonyl (C=O) groups excluding carboxylic acids is 1. The number of para-hydroxylation sites is 1. The standard InChI is InChI=1S/C19H17FN2O6S/c1-12-15(19(23)28-2)11-17(13-7-9-14(20)10-8-13)21(12)29(26,27)18-6-4-3-5-16(18)22(24)25/h3-10,17H,11H2,1-2H3. The summed E-state index contributed by atoms with van der Waals surface area (Å²) in [6, 6.07) is 9.27. The van der Waals surface area contributed by atoms with E-state index in [1.165, 1.54) is 50.4 Å². The van der Waals surface area contributed by atoms with Crippen LogP contribution in [0, 0.1) is 15.9 Å². The van der Waals surface area contributed by atoms with E-state index in [0.29, 0.717) is 5.56 Å². The Bertz CT molecular complexity index is 1110. The first-order valence-corrected chi connectivity index (χ1v) is 9.94. The van der Waals surface area contributed by atoms with Crippen LogP contribution in [-0.4, -0.2) is 30.7 Å². The maximum atomic E-state index is 13.4. The van der Waals surface area contributed by atoms with E-state index in [2.05, 4.69) is 0 Å². The SMILES string of the molecule is COC(=O)C1=C(C)N(S(=O)(=O)c2ccccc2[N+](=O)[O-])C(c2ccc(F)cc2)C1. The number of nitrogens with zero attached hydrogens (tertiary/aromatic N) is 2. The molecular formula is C19H17FN2O6S. The molecule has 1 heterocycles. The van der Waals surface area contributed by atoms with E-state index in [9.17, 15) is 27.7 Å². The Balaban J connectivity index is 2.20. The van der Waals surface area contributed by atoms with Crippen molar-refractivity contribution in [1.82, 2.24) is 4.31 Å². The predicted molar refractivity (Wildman–Crippen MR) is 101 cm³/mol. The van der Waals surface area contributed by atoms with Crippen molar-refractivity contribution in [3.8, 4) is 0 Å². The second-order valence-corrected chi connectivity index (χ2v) is 8.14. The van der Waals surface area contributed by atoms with Gasteiger partial charge >= 0.3 is 5.97 Å². The number of carbonyl (C=O) groups is 1. The number of nitro groups is 1. The first kappa shape index (κ1) is 20.5. The van der Waals surface area contributed by atoms with Crippen molar-refractivity contribution >= 4 is 21.7 Å². The molecule has 10 heteroatoms. The number of hydrogen-bond donors (Lipinski definition) is 0. The van der Waals surface area contributed by atoms with E-state index >= 15 is 0 Å². The first-order valence-electron chi connectivity index (χ1n) is 8.50. The van der Waals surface area contributed by atoms with Crippen molar-refractivity contribution in [3.05, 3.63) is 81.3 Å². The zero-order valence-corrected chi connectivity index (χ0v) is 16.3. The number of methoxy groups -OCH3 is 1. The quantitative estimate of drug-likeness (QED) is 0.417. The molecule has 8 nitrogen and oxygen atoms in total. The van der Waals surface area contributed by atoms with E-state index in [-0.39, 0.29) is 17.7 Å². The minimum atomic E-state index is -4.41. The highest BCUT2D eigenvalue weighted by Crippen LogP contribution is 2.44. The molecule has 0 radical (unpaired) electrons. The molecule has 0 amide bonds. The Labute approximate surface area is 166 Å². The number of esters is 1. The van der Waals surface area contributed by atoms with Crippen LogP contribution in [0.15, 0.2) is 64.7 Å². The summed E-state index contributed by atoms with van der Waals surface area (Å²) < 4.78 is 46.0. The molecule has 0 fully saturated rings. The van der Waals surface area contributed by atoms with Gasteiger partial charge in [-0.25, -0.2) is 17.6 Å². The summed E-state index contributed by atoms with van der Waals surface area (Å²) >= 11 is 0. The van der Waals surface area contributed by atoms with Crippen molar-refractivity contribution in [2.45, 2.75) is 24.3 Å². The summed E-state index contributed by atoms with van der Waals surface area (Å²) in [6.45, 7) is 1.43. The van der Waals surface area contributed by atoms with Gasteiger partial charge in [0.2, 0.25) is 0 Å². The Morgan fingerprint density at radius 3 is 2.41 bits per heavy atom. The summed E-state index contributed by atoms with van der Waals surface area (Å²) in [6.07, 6.45) is -0.00992. The van der Waals surface area contributed by atoms with Gasteiger partial charge in [-0.3, -0.25) is 14.4 Å². The lowest BCUT2D eigenvalue weighted by molar-refractivity contribution is -0.387. The van der Waals surface area contributed by atoms with Crippen LogP contribution in [0.2, 0.25) is 0 Å². The molecule has 2 aromatic carbocycles. The van der Waals surface area contributed by atoms with Gasteiger partial charge in [-0.05, 0) is 30.7 Å². The highest BCUT2D eigenvalue weighted by molar-refractivity contribution is 7.89. The molecule has 3 rings (SSSR count). The average molecular weight is 420 g/mol. The molecule has 0 N–H and O–H groups in total. The lowest BCUT2D eigenvalue weighted by Crippen LogP contribution is -2.30. The fourth-order valence-electron chi connectivity index (χ4n) is 3.36. The number of nitro benzene ring substituents is 1. The smallest absolute Gasteiger partial charge is 0.335 e. The van der Waals surface area contributed by atoms with Crippen LogP contribution in [-0.2, 0) is 19.6 Å². The van der Waals surface area contributed by atoms with E-state index < -0.39 is 43.4 Å². The molecule has 0 bridgehead atoms. The molecule has 0 aliphatic carbocycles. The normalized spacial score (nSPS) is 16.8. The van der Waals surface area contributed by atoms with Gasteiger partial charge in [0.1, 0.15) is 5.82 Å². The van der Waals surface area contributed by atoms with Crippen LogP contribution in [0.5, 0.6) is 0 Å². The van der Waals surface area contributed by atoms with Gasteiger partial charge in [0.05, 0.1) is 23.6 Å². The summed E-state index contributed by atoms with van der Waals surface area (Å²) in [5, 5.41) is 11.4. The highest BCUT2D eigenvalue weighted by atomic mass is 32.2. The molecule has 0 saturated heterocycles. The monoisotopic (exact) mass is 420 g/mol. The summed E-state index contributed by atoms with van der Waals surface area (Å²) in [4.78, 5) is 22.3. The molecule has 1 aliphatic rings. The van der Waals surface area contributed by atoms with Crippen LogP contribution in [0.4, 0.5) is 10.1 Å². The van der Waals surface area contributed by atoms with Gasteiger partial charge in [0.15, 0.2) is 4.90 Å². The molecule has 1 unspecified atom stereocenters. The summed E-state index contributed by atoms with van der Waals surface area (Å²) in [5.41, 5.74) is 0.0878. The predicted octanol–water partition coefficient (Wildman–Crippen LogP) is 3.32. The molecule has 0 saturated carbocycles. The second kappa shape index (κ2) is 7.63. The van der Waals surface area contributed by atoms with Crippen LogP contribution >= 0.6 is 0 Å². The number of allylic oxidation sites excluding steroid dienone is 1. The third-order valence-corrected chi connectivity index (χ3v) is 6.68. The molecule has 1 aliphatic heterocycles. The topological polar surface area (TPSA) is 107 Å². The minimum absolute atomic E-state index is 0.00992. The molecule has 1 atom stereocenters. The Hall–Kier alpha value is -3.27. The van der Waals surface area contributed by atoms with Crippen LogP contribution < -0.4 is 0 Å². The van der Waals surface area contributed by atoms with Crippen LogP contribution in [0.1, 0.15) is 24.9 Å². The van der Waals surface area contributed by atoms with E-state index in [1.807, 2.05) is 0 Å². The third-order valence-electron chi connectivity index (χ3n) is 4.73. The van der Waals surface area contributed by atoms with Crippen LogP contribution in [0.3, 0.4) is 0 Å². The van der Waals surface area contributed by atoms with Crippen molar-refractivity contribution < 1.29 is 27.3 Å². The fourth-order valence-corrected chi connectivity index (χ4v) is 5.23. The Kier molecular flexibility index (Phi) is 5.38. The second-order valence-electron chi connectivity index (χ2n) is 6.35.